The topological polar surface area (TPSA) is 125 Å². The molecule has 2 atom stereocenters. The van der Waals surface area contributed by atoms with Crippen molar-refractivity contribution in [2.75, 3.05) is 43.9 Å². The number of ether oxygens (including phenoxy) is 1. The highest BCUT2D eigenvalue weighted by atomic mass is 16.5. The number of hydrogen-bond donors (Lipinski definition) is 3. The van der Waals surface area contributed by atoms with Gasteiger partial charge in [0.05, 0.1) is 11.6 Å². The number of fused-ring (bicyclic) bond motifs is 2. The van der Waals surface area contributed by atoms with Gasteiger partial charge in [-0.15, -0.1) is 0 Å². The van der Waals surface area contributed by atoms with Gasteiger partial charge in [0.25, 0.3) is 0 Å². The van der Waals surface area contributed by atoms with Gasteiger partial charge in [0.15, 0.2) is 5.82 Å². The molecule has 0 radical (unpaired) electrons. The van der Waals surface area contributed by atoms with E-state index < -0.39 is 12.0 Å². The molecule has 3 aromatic heterocycles. The van der Waals surface area contributed by atoms with Gasteiger partial charge in [-0.1, -0.05) is 18.2 Å². The molecule has 1 aliphatic rings. The number of benzene rings is 1. The average Bonchev–Trinajstić information content (AvgIpc) is 3.04. The third-order valence-corrected chi connectivity index (χ3v) is 7.89. The standard InChI is InChI=1S/C33H41N7O3/c1-23(43-2)22-40(19-6-5-11-26-15-14-24-9-8-18-35-30(24)36-26)20-16-29(33(41)42)38-32-27-12-3-4-13-28(27)37-31(39-32)25-10-7-17-34-21-25/h3-4,7,10,12-15,17,21,23,29H,5-6,8-9,11,16,18-20,22H2,1-2H3,(H,35,36)(H,41,42)(H,37,38,39)/t23-,29?/m1/s1. The number of unbranched alkanes of at least 4 members (excludes halogenated alkanes) is 1. The zero-order valence-electron chi connectivity index (χ0n) is 25.0. The maximum absolute atomic E-state index is 12.4. The van der Waals surface area contributed by atoms with E-state index >= 15 is 0 Å². The summed E-state index contributed by atoms with van der Waals surface area (Å²) in [5.74, 6) is 1.12. The van der Waals surface area contributed by atoms with Crippen LogP contribution in [0, 0.1) is 0 Å². The number of carboxylic acid groups (broad SMARTS) is 1. The molecule has 10 nitrogen and oxygen atoms in total. The van der Waals surface area contributed by atoms with Gasteiger partial charge in [0.2, 0.25) is 0 Å². The molecule has 10 heteroatoms. The van der Waals surface area contributed by atoms with Gasteiger partial charge < -0.3 is 25.4 Å². The van der Waals surface area contributed by atoms with Gasteiger partial charge >= 0.3 is 5.97 Å². The van der Waals surface area contributed by atoms with Crippen LogP contribution in [0.1, 0.15) is 43.9 Å². The molecule has 0 spiro atoms. The number of carbonyl (C=O) groups is 1. The first-order valence-electron chi connectivity index (χ1n) is 15.1. The van der Waals surface area contributed by atoms with Crippen LogP contribution in [-0.4, -0.2) is 81.3 Å². The van der Waals surface area contributed by atoms with Crippen molar-refractivity contribution in [3.05, 3.63) is 72.2 Å². The highest BCUT2D eigenvalue weighted by molar-refractivity contribution is 5.92. The van der Waals surface area contributed by atoms with Crippen LogP contribution in [0.5, 0.6) is 0 Å². The number of hydrogen-bond acceptors (Lipinski definition) is 9. The summed E-state index contributed by atoms with van der Waals surface area (Å²) in [6.45, 7) is 5.21. The number of para-hydroxylation sites is 1. The Bertz CT molecular complexity index is 1500. The average molecular weight is 584 g/mol. The van der Waals surface area contributed by atoms with Crippen molar-refractivity contribution in [3.8, 4) is 11.4 Å². The first-order chi connectivity index (χ1) is 21.0. The maximum atomic E-state index is 12.4. The second-order valence-corrected chi connectivity index (χ2v) is 11.1. The zero-order chi connectivity index (χ0) is 30.0. The molecule has 1 unspecified atom stereocenters. The number of aryl methyl sites for hydroxylation is 2. The Kier molecular flexibility index (Phi) is 10.5. The van der Waals surface area contributed by atoms with Gasteiger partial charge in [-0.2, -0.15) is 0 Å². The Balaban J connectivity index is 1.23. The van der Waals surface area contributed by atoms with E-state index in [4.69, 9.17) is 19.7 Å². The Labute approximate surface area is 253 Å². The molecule has 4 heterocycles. The van der Waals surface area contributed by atoms with Crippen LogP contribution in [0.15, 0.2) is 60.9 Å². The number of carboxylic acids is 1. The lowest BCUT2D eigenvalue weighted by atomic mass is 10.1. The fourth-order valence-electron chi connectivity index (χ4n) is 5.43. The van der Waals surface area contributed by atoms with Crippen molar-refractivity contribution in [1.29, 1.82) is 0 Å². The van der Waals surface area contributed by atoms with Gasteiger partial charge in [-0.25, -0.2) is 19.7 Å². The highest BCUT2D eigenvalue weighted by Gasteiger charge is 2.22. The predicted molar refractivity (Wildman–Crippen MR) is 169 cm³/mol. The third-order valence-electron chi connectivity index (χ3n) is 7.89. The van der Waals surface area contributed by atoms with E-state index in [1.165, 1.54) is 5.56 Å². The highest BCUT2D eigenvalue weighted by Crippen LogP contribution is 2.26. The van der Waals surface area contributed by atoms with Crippen LogP contribution < -0.4 is 10.6 Å². The number of aliphatic carboxylic acids is 1. The van der Waals surface area contributed by atoms with E-state index in [-0.39, 0.29) is 6.10 Å². The van der Waals surface area contributed by atoms with Gasteiger partial charge in [0, 0.05) is 55.8 Å². The molecule has 0 bridgehead atoms. The van der Waals surface area contributed by atoms with Gasteiger partial charge in [-0.05, 0) is 87.9 Å². The summed E-state index contributed by atoms with van der Waals surface area (Å²) in [5.41, 5.74) is 3.93. The number of methoxy groups -OCH3 is 1. The molecule has 4 aromatic rings. The minimum atomic E-state index is -0.919. The van der Waals surface area contributed by atoms with Crippen molar-refractivity contribution >= 4 is 28.5 Å². The largest absolute Gasteiger partial charge is 0.480 e. The predicted octanol–water partition coefficient (Wildman–Crippen LogP) is 5.06. The number of nitrogens with zero attached hydrogens (tertiary/aromatic N) is 5. The Morgan fingerprint density at radius 1 is 1.09 bits per heavy atom. The number of nitrogens with one attached hydrogen (secondary N) is 2. The minimum absolute atomic E-state index is 0.0393. The maximum Gasteiger partial charge on any atom is 0.326 e. The molecule has 0 amide bonds. The lowest BCUT2D eigenvalue weighted by Gasteiger charge is -2.27. The van der Waals surface area contributed by atoms with E-state index in [0.29, 0.717) is 24.6 Å². The van der Waals surface area contributed by atoms with Crippen LogP contribution in [-0.2, 0) is 22.4 Å². The summed E-state index contributed by atoms with van der Waals surface area (Å²) in [4.78, 5) is 33.2. The Morgan fingerprint density at radius 3 is 2.79 bits per heavy atom. The molecule has 0 fully saturated rings. The second-order valence-electron chi connectivity index (χ2n) is 11.1. The van der Waals surface area contributed by atoms with E-state index in [9.17, 15) is 9.90 Å². The fraction of sp³-hybridized carbons (Fsp3) is 0.424. The first kappa shape index (κ1) is 30.3. The quantitative estimate of drug-likeness (QED) is 0.164. The lowest BCUT2D eigenvalue weighted by Crippen LogP contribution is -2.38. The van der Waals surface area contributed by atoms with Crippen LogP contribution in [0.25, 0.3) is 22.3 Å². The van der Waals surface area contributed by atoms with Crippen molar-refractivity contribution in [3.63, 3.8) is 0 Å². The van der Waals surface area contributed by atoms with Crippen molar-refractivity contribution in [1.82, 2.24) is 24.8 Å². The van der Waals surface area contributed by atoms with Crippen molar-refractivity contribution in [2.45, 2.75) is 57.6 Å². The fourth-order valence-corrected chi connectivity index (χ4v) is 5.43. The molecule has 3 N–H and O–H groups in total. The minimum Gasteiger partial charge on any atom is -0.480 e. The molecule has 226 valence electrons. The molecule has 0 saturated carbocycles. The normalized spacial score (nSPS) is 14.2. The third kappa shape index (κ3) is 8.24. The second kappa shape index (κ2) is 14.8. The van der Waals surface area contributed by atoms with Crippen molar-refractivity contribution < 1.29 is 14.6 Å². The van der Waals surface area contributed by atoms with Crippen LogP contribution in [0.2, 0.25) is 0 Å². The van der Waals surface area contributed by atoms with Crippen LogP contribution >= 0.6 is 0 Å². The molecular weight excluding hydrogens is 542 g/mol. The smallest absolute Gasteiger partial charge is 0.326 e. The molecule has 1 aromatic carbocycles. The number of aromatic nitrogens is 4. The van der Waals surface area contributed by atoms with Gasteiger partial charge in [-0.3, -0.25) is 4.98 Å². The molecule has 5 rings (SSSR count). The Hall–Kier alpha value is -4.15. The summed E-state index contributed by atoms with van der Waals surface area (Å²) >= 11 is 0. The molecule has 1 aliphatic heterocycles. The summed E-state index contributed by atoms with van der Waals surface area (Å²) < 4.78 is 5.55. The SMILES string of the molecule is CO[C@H](C)CN(CCCCc1ccc2c(n1)NCCC2)CCC(Nc1nc(-c2cccnc2)nc2ccccc12)C(=O)O. The molecular formula is C33H41N7O3. The first-order valence-corrected chi connectivity index (χ1v) is 15.1. The molecule has 0 aliphatic carbocycles. The number of anilines is 2. The van der Waals surface area contributed by atoms with Crippen molar-refractivity contribution in [2.24, 2.45) is 0 Å². The number of rotatable bonds is 15. The summed E-state index contributed by atoms with van der Waals surface area (Å²) in [6.07, 6.45) is 9.01. The van der Waals surface area contributed by atoms with E-state index in [2.05, 4.69) is 32.7 Å². The van der Waals surface area contributed by atoms with Gasteiger partial charge in [0.1, 0.15) is 17.7 Å². The summed E-state index contributed by atoms with van der Waals surface area (Å²) in [6, 6.07) is 14.9. The van der Waals surface area contributed by atoms with Crippen LogP contribution in [0.4, 0.5) is 11.6 Å². The Morgan fingerprint density at radius 2 is 1.98 bits per heavy atom. The van der Waals surface area contributed by atoms with E-state index in [1.54, 1.807) is 19.5 Å². The summed E-state index contributed by atoms with van der Waals surface area (Å²) in [5, 5.41) is 17.6. The van der Waals surface area contributed by atoms with Crippen LogP contribution in [0.3, 0.4) is 0 Å². The summed E-state index contributed by atoms with van der Waals surface area (Å²) in [7, 11) is 1.71. The number of pyridine rings is 2. The van der Waals surface area contributed by atoms with E-state index in [1.807, 2.05) is 43.3 Å². The zero-order valence-corrected chi connectivity index (χ0v) is 25.0. The van der Waals surface area contributed by atoms with E-state index in [0.717, 1.165) is 79.7 Å². The lowest BCUT2D eigenvalue weighted by molar-refractivity contribution is -0.138. The molecule has 0 saturated heterocycles. The molecule has 43 heavy (non-hydrogen) atoms. The monoisotopic (exact) mass is 583 g/mol.